The van der Waals surface area contributed by atoms with E-state index < -0.39 is 11.9 Å². The summed E-state index contributed by atoms with van der Waals surface area (Å²) in [5, 5.41) is 18.8. The smallest absolute Gasteiger partial charge is 0.328 e. The van der Waals surface area contributed by atoms with E-state index in [4.69, 9.17) is 10.2 Å². The first-order valence-corrected chi connectivity index (χ1v) is 5.80. The summed E-state index contributed by atoms with van der Waals surface area (Å²) in [6, 6.07) is 11.1. The van der Waals surface area contributed by atoms with Crippen LogP contribution >= 0.6 is 12.4 Å². The standard InChI is InChI=1S/C10H15N.C4H4O4.ClH/c1-9(11-2)8-10-6-4-3-5-7-10;5-3(6)1-2-4(7)8;/h3-7,9,11H,8H2,1-2H3;1-2H,(H,5,6)(H,7,8);1H/b;2-1+;/t9-;;/m0../s1. The number of halogens is 1. The van der Waals surface area contributed by atoms with Gasteiger partial charge in [-0.15, -0.1) is 12.4 Å². The number of likely N-dealkylation sites (N-methyl/N-ethyl adjacent to an activating group) is 1. The van der Waals surface area contributed by atoms with E-state index in [2.05, 4.69) is 36.5 Å². The first-order valence-electron chi connectivity index (χ1n) is 5.80. The normalized spacial score (nSPS) is 10.9. The zero-order valence-electron chi connectivity index (χ0n) is 11.4. The van der Waals surface area contributed by atoms with Crippen molar-refractivity contribution in [2.45, 2.75) is 19.4 Å². The summed E-state index contributed by atoms with van der Waals surface area (Å²) in [6.07, 6.45) is 2.22. The Kier molecular flexibility index (Phi) is 12.5. The van der Waals surface area contributed by atoms with Crippen molar-refractivity contribution in [2.75, 3.05) is 7.05 Å². The van der Waals surface area contributed by atoms with Gasteiger partial charge in [-0.05, 0) is 26.0 Å². The van der Waals surface area contributed by atoms with Crippen LogP contribution in [0.1, 0.15) is 12.5 Å². The average molecular weight is 302 g/mol. The van der Waals surface area contributed by atoms with Gasteiger partial charge in [-0.25, -0.2) is 9.59 Å². The third-order valence-electron chi connectivity index (χ3n) is 2.25. The first kappa shape index (κ1) is 20.5. The molecule has 3 N–H and O–H groups in total. The van der Waals surface area contributed by atoms with Crippen LogP contribution in [-0.2, 0) is 16.0 Å². The first-order chi connectivity index (χ1) is 8.95. The lowest BCUT2D eigenvalue weighted by atomic mass is 10.1. The number of aliphatic carboxylic acids is 2. The number of hydrogen-bond acceptors (Lipinski definition) is 3. The van der Waals surface area contributed by atoms with Gasteiger partial charge in [0.05, 0.1) is 0 Å². The van der Waals surface area contributed by atoms with E-state index in [1.54, 1.807) is 0 Å². The van der Waals surface area contributed by atoms with Crippen molar-refractivity contribution in [2.24, 2.45) is 0 Å². The summed E-state index contributed by atoms with van der Waals surface area (Å²) in [7, 11) is 1.99. The fraction of sp³-hybridized carbons (Fsp3) is 0.286. The summed E-state index contributed by atoms with van der Waals surface area (Å²) >= 11 is 0. The quantitative estimate of drug-likeness (QED) is 0.724. The van der Waals surface area contributed by atoms with Gasteiger partial charge in [0.25, 0.3) is 0 Å². The maximum absolute atomic E-state index is 9.55. The van der Waals surface area contributed by atoms with Crippen molar-refractivity contribution >= 4 is 24.3 Å². The molecular formula is C14H20ClNO4. The van der Waals surface area contributed by atoms with Crippen molar-refractivity contribution in [3.05, 3.63) is 48.0 Å². The van der Waals surface area contributed by atoms with Crippen molar-refractivity contribution < 1.29 is 19.8 Å². The third kappa shape index (κ3) is 12.6. The van der Waals surface area contributed by atoms with E-state index in [1.165, 1.54) is 5.56 Å². The van der Waals surface area contributed by atoms with Crippen LogP contribution in [-0.4, -0.2) is 35.2 Å². The molecule has 0 aliphatic rings. The summed E-state index contributed by atoms with van der Waals surface area (Å²) in [6.45, 7) is 2.19. The summed E-state index contributed by atoms with van der Waals surface area (Å²) < 4.78 is 0. The maximum Gasteiger partial charge on any atom is 0.328 e. The molecule has 5 nitrogen and oxygen atoms in total. The van der Waals surface area contributed by atoms with Crippen LogP contribution in [0.4, 0.5) is 0 Å². The fourth-order valence-corrected chi connectivity index (χ4v) is 1.21. The Morgan fingerprint density at radius 2 is 1.60 bits per heavy atom. The second-order valence-corrected chi connectivity index (χ2v) is 3.89. The predicted molar refractivity (Wildman–Crippen MR) is 80.3 cm³/mol. The molecule has 0 spiro atoms. The van der Waals surface area contributed by atoms with E-state index >= 15 is 0 Å². The molecule has 0 saturated heterocycles. The highest BCUT2D eigenvalue weighted by atomic mass is 35.5. The number of carboxylic acids is 2. The number of nitrogens with one attached hydrogen (secondary N) is 1. The number of hydrogen-bond donors (Lipinski definition) is 3. The zero-order valence-corrected chi connectivity index (χ0v) is 12.3. The lowest BCUT2D eigenvalue weighted by Gasteiger charge is -2.08. The van der Waals surface area contributed by atoms with E-state index in [1.807, 2.05) is 13.1 Å². The highest BCUT2D eigenvalue weighted by molar-refractivity contribution is 5.89. The molecule has 0 aromatic heterocycles. The van der Waals surface area contributed by atoms with Crippen LogP contribution in [0.3, 0.4) is 0 Å². The Bertz CT molecular complexity index is 404. The van der Waals surface area contributed by atoms with E-state index in [9.17, 15) is 9.59 Å². The Morgan fingerprint density at radius 3 is 1.95 bits per heavy atom. The van der Waals surface area contributed by atoms with Crippen LogP contribution < -0.4 is 5.32 Å². The SMILES string of the molecule is CN[C@@H](C)Cc1ccccc1.Cl.O=C(O)/C=C/C(=O)O. The van der Waals surface area contributed by atoms with E-state index in [0.717, 1.165) is 6.42 Å². The molecule has 1 aromatic rings. The minimum atomic E-state index is -1.26. The fourth-order valence-electron chi connectivity index (χ4n) is 1.21. The summed E-state index contributed by atoms with van der Waals surface area (Å²) in [5.41, 5.74) is 1.40. The number of carboxylic acid groups (broad SMARTS) is 2. The molecule has 0 heterocycles. The molecule has 6 heteroatoms. The molecule has 0 bridgehead atoms. The minimum absolute atomic E-state index is 0. The minimum Gasteiger partial charge on any atom is -0.478 e. The second-order valence-electron chi connectivity index (χ2n) is 3.89. The van der Waals surface area contributed by atoms with Crippen LogP contribution in [0.25, 0.3) is 0 Å². The molecule has 0 aliphatic carbocycles. The van der Waals surface area contributed by atoms with E-state index in [-0.39, 0.29) is 12.4 Å². The average Bonchev–Trinajstić information content (AvgIpc) is 2.38. The Hall–Kier alpha value is -1.85. The molecule has 0 saturated carbocycles. The van der Waals surface area contributed by atoms with Gasteiger partial charge in [-0.2, -0.15) is 0 Å². The molecule has 0 fully saturated rings. The van der Waals surface area contributed by atoms with E-state index in [0.29, 0.717) is 18.2 Å². The van der Waals surface area contributed by atoms with Crippen molar-refractivity contribution in [1.29, 1.82) is 0 Å². The van der Waals surface area contributed by atoms with Gasteiger partial charge in [-0.3, -0.25) is 0 Å². The van der Waals surface area contributed by atoms with Gasteiger partial charge in [0.15, 0.2) is 0 Å². The van der Waals surface area contributed by atoms with Gasteiger partial charge in [0.2, 0.25) is 0 Å². The van der Waals surface area contributed by atoms with Gasteiger partial charge in [0, 0.05) is 18.2 Å². The molecule has 1 rings (SSSR count). The highest BCUT2D eigenvalue weighted by Gasteiger charge is 1.97. The monoisotopic (exact) mass is 301 g/mol. The van der Waals surface area contributed by atoms with Crippen LogP contribution in [0.2, 0.25) is 0 Å². The van der Waals surface area contributed by atoms with Gasteiger partial charge < -0.3 is 15.5 Å². The summed E-state index contributed by atoms with van der Waals surface area (Å²) in [5.74, 6) is -2.51. The highest BCUT2D eigenvalue weighted by Crippen LogP contribution is 2.01. The van der Waals surface area contributed by atoms with Crippen molar-refractivity contribution in [3.63, 3.8) is 0 Å². The molecule has 0 aliphatic heterocycles. The topological polar surface area (TPSA) is 86.6 Å². The molecule has 0 unspecified atom stereocenters. The Labute approximate surface area is 124 Å². The molecule has 20 heavy (non-hydrogen) atoms. The van der Waals surface area contributed by atoms with Gasteiger partial charge >= 0.3 is 11.9 Å². The van der Waals surface area contributed by atoms with Crippen LogP contribution in [0.5, 0.6) is 0 Å². The van der Waals surface area contributed by atoms with Crippen LogP contribution in [0, 0.1) is 0 Å². The number of benzene rings is 1. The molecule has 112 valence electrons. The Morgan fingerprint density at radius 1 is 1.15 bits per heavy atom. The second kappa shape index (κ2) is 12.2. The molecule has 1 atom stereocenters. The van der Waals surface area contributed by atoms with Gasteiger partial charge in [-0.1, -0.05) is 30.3 Å². The molecule has 0 amide bonds. The van der Waals surface area contributed by atoms with Crippen molar-refractivity contribution in [3.8, 4) is 0 Å². The maximum atomic E-state index is 9.55. The predicted octanol–water partition coefficient (Wildman–Crippen LogP) is 1.97. The van der Waals surface area contributed by atoms with Crippen molar-refractivity contribution in [1.82, 2.24) is 5.32 Å². The number of carbonyl (C=O) groups is 2. The lowest BCUT2D eigenvalue weighted by molar-refractivity contribution is -0.134. The molecule has 0 radical (unpaired) electrons. The molecule has 1 aromatic carbocycles. The van der Waals surface area contributed by atoms with Crippen LogP contribution in [0.15, 0.2) is 42.5 Å². The zero-order chi connectivity index (χ0) is 14.7. The lowest BCUT2D eigenvalue weighted by Crippen LogP contribution is -2.23. The largest absolute Gasteiger partial charge is 0.478 e. The summed E-state index contributed by atoms with van der Waals surface area (Å²) in [4.78, 5) is 19.1. The molecular weight excluding hydrogens is 282 g/mol. The van der Waals surface area contributed by atoms with Gasteiger partial charge in [0.1, 0.15) is 0 Å². The number of rotatable bonds is 5. The Balaban J connectivity index is 0. The third-order valence-corrected chi connectivity index (χ3v) is 2.25.